The highest BCUT2D eigenvalue weighted by atomic mass is 16.5. The summed E-state index contributed by atoms with van der Waals surface area (Å²) in [6.45, 7) is -0.655. The van der Waals surface area contributed by atoms with Crippen molar-refractivity contribution in [2.24, 2.45) is 5.92 Å². The number of carboxylic acid groups (broad SMARTS) is 1. The van der Waals surface area contributed by atoms with E-state index < -0.39 is 35.9 Å². The number of methoxy groups -OCH3 is 1. The summed E-state index contributed by atoms with van der Waals surface area (Å²) < 4.78 is 5.11. The van der Waals surface area contributed by atoms with Crippen molar-refractivity contribution in [3.63, 3.8) is 0 Å². The highest BCUT2D eigenvalue weighted by Crippen LogP contribution is 2.35. The van der Waals surface area contributed by atoms with Gasteiger partial charge in [-0.1, -0.05) is 30.3 Å². The first-order valence-corrected chi connectivity index (χ1v) is 7.79. The van der Waals surface area contributed by atoms with E-state index in [-0.39, 0.29) is 11.1 Å². The monoisotopic (exact) mass is 353 g/mol. The predicted octanol–water partition coefficient (Wildman–Crippen LogP) is 1.56. The summed E-state index contributed by atoms with van der Waals surface area (Å²) in [6.07, 6.45) is 0. The van der Waals surface area contributed by atoms with E-state index in [2.05, 4.69) is 5.32 Å². The largest absolute Gasteiger partial charge is 0.497 e. The Morgan fingerprint density at radius 2 is 1.69 bits per heavy atom. The number of carbonyl (C=O) groups is 4. The fourth-order valence-electron chi connectivity index (χ4n) is 2.96. The number of carboxylic acids is 1. The molecule has 0 aliphatic heterocycles. The Kier molecular flexibility index (Phi) is 4.53. The number of carbonyl (C=O) groups excluding carboxylic acids is 3. The molecule has 1 amide bonds. The molecule has 3 rings (SSSR count). The SMILES string of the molecule is COc1ccc(-c2cccc3c2C(=O)C(C(=O)NCC(=O)O)C3=O)cc1. The van der Waals surface area contributed by atoms with Crippen molar-refractivity contribution < 1.29 is 29.0 Å². The third-order valence-electron chi connectivity index (χ3n) is 4.18. The molecular weight excluding hydrogens is 338 g/mol. The number of aliphatic carboxylic acids is 1. The van der Waals surface area contributed by atoms with Crippen LogP contribution in [0.5, 0.6) is 5.75 Å². The fraction of sp³-hybridized carbons (Fsp3) is 0.158. The molecule has 0 saturated heterocycles. The number of nitrogens with one attached hydrogen (secondary N) is 1. The van der Waals surface area contributed by atoms with E-state index in [1.165, 1.54) is 13.2 Å². The van der Waals surface area contributed by atoms with Gasteiger partial charge >= 0.3 is 5.97 Å². The molecule has 0 saturated carbocycles. The first kappa shape index (κ1) is 17.3. The molecule has 0 spiro atoms. The number of ketones is 2. The van der Waals surface area contributed by atoms with Gasteiger partial charge in [-0.15, -0.1) is 0 Å². The molecule has 0 fully saturated rings. The molecule has 1 aliphatic carbocycles. The van der Waals surface area contributed by atoms with Crippen LogP contribution in [0.2, 0.25) is 0 Å². The first-order chi connectivity index (χ1) is 12.4. The average Bonchev–Trinajstić information content (AvgIpc) is 2.91. The van der Waals surface area contributed by atoms with Gasteiger partial charge in [0.2, 0.25) is 5.91 Å². The van der Waals surface area contributed by atoms with Crippen LogP contribution in [0.3, 0.4) is 0 Å². The molecule has 2 aromatic rings. The zero-order chi connectivity index (χ0) is 18.8. The minimum atomic E-state index is -1.55. The summed E-state index contributed by atoms with van der Waals surface area (Å²) in [5, 5.41) is 10.7. The smallest absolute Gasteiger partial charge is 0.322 e. The lowest BCUT2D eigenvalue weighted by Crippen LogP contribution is -2.39. The van der Waals surface area contributed by atoms with E-state index in [0.29, 0.717) is 16.9 Å². The zero-order valence-electron chi connectivity index (χ0n) is 13.8. The Bertz CT molecular complexity index is 916. The minimum Gasteiger partial charge on any atom is -0.497 e. The molecule has 1 aliphatic rings. The fourth-order valence-corrected chi connectivity index (χ4v) is 2.96. The number of Topliss-reactive ketones (excluding diaryl/α,β-unsaturated/α-hetero) is 2. The molecule has 0 radical (unpaired) electrons. The number of ether oxygens (including phenoxy) is 1. The first-order valence-electron chi connectivity index (χ1n) is 7.79. The van der Waals surface area contributed by atoms with Crippen molar-refractivity contribution in [1.82, 2.24) is 5.32 Å². The summed E-state index contributed by atoms with van der Waals surface area (Å²) in [5.74, 6) is -4.31. The van der Waals surface area contributed by atoms with E-state index in [1.807, 2.05) is 0 Å². The Morgan fingerprint density at radius 3 is 2.31 bits per heavy atom. The third-order valence-corrected chi connectivity index (χ3v) is 4.18. The van der Waals surface area contributed by atoms with Gasteiger partial charge in [-0.05, 0) is 23.3 Å². The maximum absolute atomic E-state index is 12.8. The van der Waals surface area contributed by atoms with Crippen LogP contribution in [0.15, 0.2) is 42.5 Å². The van der Waals surface area contributed by atoms with Gasteiger partial charge in [0.05, 0.1) is 7.11 Å². The predicted molar refractivity (Wildman–Crippen MR) is 91.2 cm³/mol. The molecule has 7 heteroatoms. The van der Waals surface area contributed by atoms with Gasteiger partial charge in [0, 0.05) is 11.1 Å². The highest BCUT2D eigenvalue weighted by Gasteiger charge is 2.44. The van der Waals surface area contributed by atoms with Gasteiger partial charge < -0.3 is 15.2 Å². The molecule has 2 N–H and O–H groups in total. The summed E-state index contributed by atoms with van der Waals surface area (Å²) in [6, 6.07) is 11.8. The van der Waals surface area contributed by atoms with Gasteiger partial charge in [-0.25, -0.2) is 0 Å². The molecule has 0 bridgehead atoms. The molecule has 132 valence electrons. The van der Waals surface area contributed by atoms with Crippen LogP contribution in [0.1, 0.15) is 20.7 Å². The molecule has 1 atom stereocenters. The summed E-state index contributed by atoms with van der Waals surface area (Å²) in [7, 11) is 1.54. The van der Waals surface area contributed by atoms with Crippen LogP contribution in [0.4, 0.5) is 0 Å². The van der Waals surface area contributed by atoms with Crippen molar-refractivity contribution in [3.05, 3.63) is 53.6 Å². The number of fused-ring (bicyclic) bond motifs is 1. The normalized spacial score (nSPS) is 15.5. The number of hydrogen-bond acceptors (Lipinski definition) is 5. The Balaban J connectivity index is 1.99. The maximum atomic E-state index is 12.8. The molecule has 1 unspecified atom stereocenters. The van der Waals surface area contributed by atoms with Crippen molar-refractivity contribution in [2.45, 2.75) is 0 Å². The van der Waals surface area contributed by atoms with Gasteiger partial charge in [0.1, 0.15) is 12.3 Å². The minimum absolute atomic E-state index is 0.166. The molecule has 2 aromatic carbocycles. The number of benzene rings is 2. The van der Waals surface area contributed by atoms with Crippen molar-refractivity contribution in [3.8, 4) is 16.9 Å². The topological polar surface area (TPSA) is 110 Å². The van der Waals surface area contributed by atoms with Gasteiger partial charge in [0.25, 0.3) is 0 Å². The number of rotatable bonds is 5. The summed E-state index contributed by atoms with van der Waals surface area (Å²) in [5.41, 5.74) is 1.59. The lowest BCUT2D eigenvalue weighted by Gasteiger charge is -2.09. The second kappa shape index (κ2) is 6.79. The van der Waals surface area contributed by atoms with E-state index >= 15 is 0 Å². The third kappa shape index (κ3) is 2.95. The van der Waals surface area contributed by atoms with E-state index in [4.69, 9.17) is 9.84 Å². The average molecular weight is 353 g/mol. The second-order valence-electron chi connectivity index (χ2n) is 5.73. The van der Waals surface area contributed by atoms with Crippen LogP contribution in [-0.2, 0) is 9.59 Å². The molecule has 7 nitrogen and oxygen atoms in total. The molecular formula is C19H15NO6. The van der Waals surface area contributed by atoms with Crippen LogP contribution in [0.25, 0.3) is 11.1 Å². The van der Waals surface area contributed by atoms with Crippen molar-refractivity contribution >= 4 is 23.4 Å². The number of hydrogen-bond donors (Lipinski definition) is 2. The lowest BCUT2D eigenvalue weighted by molar-refractivity contribution is -0.138. The zero-order valence-corrected chi connectivity index (χ0v) is 13.8. The van der Waals surface area contributed by atoms with Crippen molar-refractivity contribution in [2.75, 3.05) is 13.7 Å². The highest BCUT2D eigenvalue weighted by molar-refractivity contribution is 6.36. The molecule has 26 heavy (non-hydrogen) atoms. The van der Waals surface area contributed by atoms with Crippen LogP contribution in [0, 0.1) is 5.92 Å². The van der Waals surface area contributed by atoms with E-state index in [1.54, 1.807) is 36.4 Å². The van der Waals surface area contributed by atoms with Crippen LogP contribution in [-0.4, -0.2) is 42.2 Å². The molecule has 0 aromatic heterocycles. The van der Waals surface area contributed by atoms with Gasteiger partial charge in [-0.2, -0.15) is 0 Å². The van der Waals surface area contributed by atoms with Crippen LogP contribution >= 0.6 is 0 Å². The Labute approximate surface area is 148 Å². The van der Waals surface area contributed by atoms with Crippen LogP contribution < -0.4 is 10.1 Å². The summed E-state index contributed by atoms with van der Waals surface area (Å²) in [4.78, 5) is 48.0. The van der Waals surface area contributed by atoms with Gasteiger partial charge in [0.15, 0.2) is 17.5 Å². The summed E-state index contributed by atoms with van der Waals surface area (Å²) >= 11 is 0. The number of amides is 1. The Morgan fingerprint density at radius 1 is 1.04 bits per heavy atom. The Hall–Kier alpha value is -3.48. The standard InChI is InChI=1S/C19H15NO6/c1-26-11-7-5-10(6-8-11)12-3-2-4-13-15(12)18(24)16(17(13)23)19(25)20-9-14(21)22/h2-8,16H,9H2,1H3,(H,20,25)(H,21,22). The maximum Gasteiger partial charge on any atom is 0.322 e. The van der Waals surface area contributed by atoms with E-state index in [9.17, 15) is 19.2 Å². The van der Waals surface area contributed by atoms with E-state index in [0.717, 1.165) is 0 Å². The van der Waals surface area contributed by atoms with Gasteiger partial charge in [-0.3, -0.25) is 19.2 Å². The quantitative estimate of drug-likeness (QED) is 0.790. The lowest BCUT2D eigenvalue weighted by atomic mass is 9.95. The molecule has 0 heterocycles. The van der Waals surface area contributed by atoms with Crippen molar-refractivity contribution in [1.29, 1.82) is 0 Å². The second-order valence-corrected chi connectivity index (χ2v) is 5.73.